The SMILES string of the molecule is O=C(Cc1csc(NC(=O)c2ccco2)n1)NCCc1ccccc1F. The first-order valence-electron chi connectivity index (χ1n) is 7.91. The first-order valence-corrected chi connectivity index (χ1v) is 8.79. The lowest BCUT2D eigenvalue weighted by Gasteiger charge is -2.05. The molecule has 3 aromatic rings. The third kappa shape index (κ3) is 4.76. The van der Waals surface area contributed by atoms with Gasteiger partial charge in [-0.1, -0.05) is 18.2 Å². The summed E-state index contributed by atoms with van der Waals surface area (Å²) in [6.07, 6.45) is 1.91. The molecule has 2 heterocycles. The zero-order valence-electron chi connectivity index (χ0n) is 13.7. The molecule has 0 bridgehead atoms. The maximum atomic E-state index is 13.5. The zero-order chi connectivity index (χ0) is 18.4. The van der Waals surface area contributed by atoms with Crippen molar-refractivity contribution < 1.29 is 18.4 Å². The van der Waals surface area contributed by atoms with Crippen molar-refractivity contribution in [1.82, 2.24) is 10.3 Å². The second-order valence-electron chi connectivity index (χ2n) is 5.44. The molecule has 6 nitrogen and oxygen atoms in total. The van der Waals surface area contributed by atoms with E-state index in [1.165, 1.54) is 23.7 Å². The molecule has 1 aromatic carbocycles. The van der Waals surface area contributed by atoms with Crippen molar-refractivity contribution in [3.63, 3.8) is 0 Å². The number of rotatable bonds is 7. The third-order valence-electron chi connectivity index (χ3n) is 3.53. The van der Waals surface area contributed by atoms with Gasteiger partial charge in [-0.15, -0.1) is 11.3 Å². The molecule has 8 heteroatoms. The number of anilines is 1. The fraction of sp³-hybridized carbons (Fsp3) is 0.167. The van der Waals surface area contributed by atoms with Gasteiger partial charge in [0.05, 0.1) is 18.4 Å². The van der Waals surface area contributed by atoms with Crippen LogP contribution in [0.3, 0.4) is 0 Å². The summed E-state index contributed by atoms with van der Waals surface area (Å²) in [5.41, 5.74) is 1.11. The predicted molar refractivity (Wildman–Crippen MR) is 95.6 cm³/mol. The summed E-state index contributed by atoms with van der Waals surface area (Å²) < 4.78 is 18.5. The van der Waals surface area contributed by atoms with Crippen LogP contribution in [0.1, 0.15) is 21.8 Å². The minimum absolute atomic E-state index is 0.0877. The molecule has 0 unspecified atom stereocenters. The molecule has 26 heavy (non-hydrogen) atoms. The number of aromatic nitrogens is 1. The molecule has 0 fully saturated rings. The van der Waals surface area contributed by atoms with Gasteiger partial charge in [-0.05, 0) is 30.2 Å². The van der Waals surface area contributed by atoms with Crippen LogP contribution in [0.15, 0.2) is 52.5 Å². The van der Waals surface area contributed by atoms with Crippen molar-refractivity contribution in [1.29, 1.82) is 0 Å². The van der Waals surface area contributed by atoms with Gasteiger partial charge in [0.1, 0.15) is 5.82 Å². The molecule has 0 atom stereocenters. The molecule has 2 N–H and O–H groups in total. The number of carbonyl (C=O) groups is 2. The van der Waals surface area contributed by atoms with E-state index in [1.807, 2.05) is 0 Å². The van der Waals surface area contributed by atoms with Gasteiger partial charge in [0, 0.05) is 11.9 Å². The van der Waals surface area contributed by atoms with Crippen LogP contribution in [0.2, 0.25) is 0 Å². The van der Waals surface area contributed by atoms with E-state index < -0.39 is 5.91 Å². The summed E-state index contributed by atoms with van der Waals surface area (Å²) in [5.74, 6) is -0.702. The average Bonchev–Trinajstić information content (AvgIpc) is 3.29. The molecule has 3 rings (SSSR count). The highest BCUT2D eigenvalue weighted by atomic mass is 32.1. The fourth-order valence-electron chi connectivity index (χ4n) is 2.28. The van der Waals surface area contributed by atoms with E-state index in [0.717, 1.165) is 0 Å². The van der Waals surface area contributed by atoms with Gasteiger partial charge < -0.3 is 9.73 Å². The molecule has 0 aliphatic heterocycles. The van der Waals surface area contributed by atoms with E-state index in [2.05, 4.69) is 15.6 Å². The Morgan fingerprint density at radius 1 is 1.19 bits per heavy atom. The first kappa shape index (κ1) is 17.8. The Kier molecular flexibility index (Phi) is 5.75. The number of hydrogen-bond donors (Lipinski definition) is 2. The fourth-order valence-corrected chi connectivity index (χ4v) is 2.98. The zero-order valence-corrected chi connectivity index (χ0v) is 14.5. The summed E-state index contributed by atoms with van der Waals surface area (Å²) in [6.45, 7) is 0.339. The van der Waals surface area contributed by atoms with Crippen LogP contribution in [0.5, 0.6) is 0 Å². The Hall–Kier alpha value is -3.00. The van der Waals surface area contributed by atoms with E-state index in [9.17, 15) is 14.0 Å². The smallest absolute Gasteiger partial charge is 0.293 e. The Morgan fingerprint density at radius 2 is 2.04 bits per heavy atom. The summed E-state index contributed by atoms with van der Waals surface area (Å²) in [5, 5.41) is 7.44. The molecular weight excluding hydrogens is 357 g/mol. The lowest BCUT2D eigenvalue weighted by atomic mass is 10.1. The molecule has 0 aliphatic rings. The molecule has 0 aliphatic carbocycles. The van der Waals surface area contributed by atoms with Crippen molar-refractivity contribution in [2.24, 2.45) is 0 Å². The Morgan fingerprint density at radius 3 is 2.81 bits per heavy atom. The van der Waals surface area contributed by atoms with Crippen LogP contribution < -0.4 is 10.6 Å². The topological polar surface area (TPSA) is 84.2 Å². The average molecular weight is 373 g/mol. The maximum Gasteiger partial charge on any atom is 0.293 e. The molecule has 2 amide bonds. The normalized spacial score (nSPS) is 10.5. The minimum atomic E-state index is -0.398. The van der Waals surface area contributed by atoms with Gasteiger partial charge >= 0.3 is 0 Å². The third-order valence-corrected chi connectivity index (χ3v) is 4.34. The lowest BCUT2D eigenvalue weighted by Crippen LogP contribution is -2.27. The summed E-state index contributed by atoms with van der Waals surface area (Å²) >= 11 is 1.23. The highest BCUT2D eigenvalue weighted by molar-refractivity contribution is 7.14. The van der Waals surface area contributed by atoms with Gasteiger partial charge in [-0.2, -0.15) is 0 Å². The molecular formula is C18H16FN3O3S. The van der Waals surface area contributed by atoms with Crippen molar-refractivity contribution >= 4 is 28.3 Å². The number of nitrogens with one attached hydrogen (secondary N) is 2. The van der Waals surface area contributed by atoms with Gasteiger partial charge in [0.15, 0.2) is 10.9 Å². The van der Waals surface area contributed by atoms with Crippen LogP contribution in [0.25, 0.3) is 0 Å². The van der Waals surface area contributed by atoms with Gasteiger partial charge in [0.2, 0.25) is 5.91 Å². The van der Waals surface area contributed by atoms with E-state index in [-0.39, 0.29) is 23.9 Å². The number of halogens is 1. The van der Waals surface area contributed by atoms with Crippen LogP contribution >= 0.6 is 11.3 Å². The number of furan rings is 1. The quantitative estimate of drug-likeness (QED) is 0.667. The van der Waals surface area contributed by atoms with Crippen molar-refractivity contribution in [3.05, 3.63) is 70.9 Å². The number of hydrogen-bond acceptors (Lipinski definition) is 5. The lowest BCUT2D eigenvalue weighted by molar-refractivity contribution is -0.120. The van der Waals surface area contributed by atoms with Gasteiger partial charge in [0.25, 0.3) is 5.91 Å². The van der Waals surface area contributed by atoms with Gasteiger partial charge in [-0.3, -0.25) is 14.9 Å². The monoisotopic (exact) mass is 373 g/mol. The van der Waals surface area contributed by atoms with Crippen LogP contribution in [-0.2, 0) is 17.6 Å². The van der Waals surface area contributed by atoms with Crippen LogP contribution in [-0.4, -0.2) is 23.3 Å². The Bertz CT molecular complexity index is 893. The highest BCUT2D eigenvalue weighted by Crippen LogP contribution is 2.17. The molecule has 0 saturated carbocycles. The number of benzene rings is 1. The second-order valence-corrected chi connectivity index (χ2v) is 6.30. The van der Waals surface area contributed by atoms with Crippen molar-refractivity contribution in [3.8, 4) is 0 Å². The van der Waals surface area contributed by atoms with Gasteiger partial charge in [-0.25, -0.2) is 9.37 Å². The molecule has 2 aromatic heterocycles. The minimum Gasteiger partial charge on any atom is -0.459 e. The van der Waals surface area contributed by atoms with Crippen LogP contribution in [0, 0.1) is 5.82 Å². The van der Waals surface area contributed by atoms with E-state index >= 15 is 0 Å². The summed E-state index contributed by atoms with van der Waals surface area (Å²) in [7, 11) is 0. The maximum absolute atomic E-state index is 13.5. The largest absolute Gasteiger partial charge is 0.459 e. The number of nitrogens with zero attached hydrogens (tertiary/aromatic N) is 1. The Labute approximate surface area is 153 Å². The van der Waals surface area contributed by atoms with E-state index in [0.29, 0.717) is 29.4 Å². The molecule has 0 spiro atoms. The summed E-state index contributed by atoms with van der Waals surface area (Å²) in [6, 6.07) is 9.64. The molecule has 0 radical (unpaired) electrons. The molecule has 0 saturated heterocycles. The van der Waals surface area contributed by atoms with Crippen molar-refractivity contribution in [2.75, 3.05) is 11.9 Å². The van der Waals surface area contributed by atoms with Crippen molar-refractivity contribution in [2.45, 2.75) is 12.8 Å². The highest BCUT2D eigenvalue weighted by Gasteiger charge is 2.13. The number of amides is 2. The first-order chi connectivity index (χ1) is 12.6. The second kappa shape index (κ2) is 8.39. The predicted octanol–water partition coefficient (Wildman–Crippen LogP) is 3.03. The Balaban J connectivity index is 1.45. The molecule has 134 valence electrons. The summed E-state index contributed by atoms with van der Waals surface area (Å²) in [4.78, 5) is 28.0. The standard InChI is InChI=1S/C18H16FN3O3S/c19-14-5-2-1-4-12(14)7-8-20-16(23)10-13-11-26-18(21-13)22-17(24)15-6-3-9-25-15/h1-6,9,11H,7-8,10H2,(H,20,23)(H,21,22,24). The van der Waals surface area contributed by atoms with E-state index in [1.54, 1.807) is 35.7 Å². The number of carbonyl (C=O) groups excluding carboxylic acids is 2. The van der Waals surface area contributed by atoms with Crippen LogP contribution in [0.4, 0.5) is 9.52 Å². The number of thiazole rings is 1. The van der Waals surface area contributed by atoms with E-state index in [4.69, 9.17) is 4.42 Å².